The molecular formula is C31H58N6O8. The number of ketones is 1. The summed E-state index contributed by atoms with van der Waals surface area (Å²) in [5, 5.41) is 35.0. The Labute approximate surface area is 268 Å². The lowest BCUT2D eigenvalue weighted by molar-refractivity contribution is -0.144. The van der Waals surface area contributed by atoms with E-state index < -0.39 is 29.4 Å². The molecule has 0 aromatic heterocycles. The Balaban J connectivity index is 2.78. The number of hydrogen-bond acceptors (Lipinski definition) is 10. The zero-order valence-corrected chi connectivity index (χ0v) is 28.1. The second-order valence-corrected chi connectivity index (χ2v) is 12.8. The van der Waals surface area contributed by atoms with E-state index >= 15 is 0 Å². The highest BCUT2D eigenvalue weighted by molar-refractivity contribution is 5.88. The van der Waals surface area contributed by atoms with Gasteiger partial charge in [0.15, 0.2) is 5.78 Å². The van der Waals surface area contributed by atoms with Crippen molar-refractivity contribution in [2.24, 2.45) is 5.41 Å². The van der Waals surface area contributed by atoms with Crippen molar-refractivity contribution in [2.45, 2.75) is 78.8 Å². The zero-order valence-electron chi connectivity index (χ0n) is 28.1. The molecule has 1 aliphatic heterocycles. The fourth-order valence-corrected chi connectivity index (χ4v) is 5.49. The maximum atomic E-state index is 12.7. The minimum atomic E-state index is -1.03. The number of amides is 1. The molecule has 0 aliphatic carbocycles. The van der Waals surface area contributed by atoms with Gasteiger partial charge in [0.1, 0.15) is 6.04 Å². The van der Waals surface area contributed by atoms with Crippen molar-refractivity contribution in [3.05, 3.63) is 0 Å². The SMILES string of the molecule is CCNC(CCCCNC(=O)CCC(C(=O)O)N1CCN(CC)CCN(CC(=O)O)CCN(CC(=O)O)CC1)C(=O)C(C)(C)C. The molecule has 1 aliphatic rings. The maximum absolute atomic E-state index is 12.7. The second kappa shape index (κ2) is 21.2. The first kappa shape index (κ1) is 40.4. The lowest BCUT2D eigenvalue weighted by atomic mass is 9.84. The van der Waals surface area contributed by atoms with Gasteiger partial charge in [-0.15, -0.1) is 0 Å². The first-order valence-electron chi connectivity index (χ1n) is 16.3. The second-order valence-electron chi connectivity index (χ2n) is 12.8. The number of likely N-dealkylation sites (N-methyl/N-ethyl adjacent to an activating group) is 2. The van der Waals surface area contributed by atoms with Crippen LogP contribution in [-0.4, -0.2) is 162 Å². The van der Waals surface area contributed by atoms with Crippen LogP contribution in [0.25, 0.3) is 0 Å². The molecule has 5 N–H and O–H groups in total. The highest BCUT2D eigenvalue weighted by Gasteiger charge is 2.29. The number of rotatable bonds is 18. The van der Waals surface area contributed by atoms with Crippen LogP contribution in [-0.2, 0) is 24.0 Å². The summed E-state index contributed by atoms with van der Waals surface area (Å²) < 4.78 is 0. The Kier molecular flexibility index (Phi) is 19.0. The number of aliphatic carboxylic acids is 3. The lowest BCUT2D eigenvalue weighted by Gasteiger charge is -2.35. The summed E-state index contributed by atoms with van der Waals surface area (Å²) in [7, 11) is 0. The molecule has 0 aromatic rings. The lowest BCUT2D eigenvalue weighted by Crippen LogP contribution is -2.51. The van der Waals surface area contributed by atoms with Gasteiger partial charge >= 0.3 is 17.9 Å². The van der Waals surface area contributed by atoms with Crippen LogP contribution in [0.1, 0.15) is 66.7 Å². The van der Waals surface area contributed by atoms with Crippen LogP contribution >= 0.6 is 0 Å². The van der Waals surface area contributed by atoms with Gasteiger partial charge in [-0.25, -0.2) is 0 Å². The smallest absolute Gasteiger partial charge is 0.320 e. The number of carboxylic acid groups (broad SMARTS) is 3. The van der Waals surface area contributed by atoms with Crippen molar-refractivity contribution in [3.8, 4) is 0 Å². The maximum Gasteiger partial charge on any atom is 0.320 e. The average molecular weight is 643 g/mol. The number of unbranched alkanes of at least 4 members (excludes halogenated alkanes) is 1. The molecule has 0 saturated carbocycles. The van der Waals surface area contributed by atoms with Crippen LogP contribution in [0.15, 0.2) is 0 Å². The van der Waals surface area contributed by atoms with E-state index in [2.05, 4.69) is 15.5 Å². The first-order valence-corrected chi connectivity index (χ1v) is 16.3. The van der Waals surface area contributed by atoms with Crippen molar-refractivity contribution in [3.63, 3.8) is 0 Å². The molecule has 260 valence electrons. The van der Waals surface area contributed by atoms with Crippen molar-refractivity contribution >= 4 is 29.6 Å². The number of hydrogen-bond donors (Lipinski definition) is 5. The predicted molar refractivity (Wildman–Crippen MR) is 171 cm³/mol. The van der Waals surface area contributed by atoms with E-state index in [-0.39, 0.29) is 43.7 Å². The summed E-state index contributed by atoms with van der Waals surface area (Å²) in [5.74, 6) is -3.05. The summed E-state index contributed by atoms with van der Waals surface area (Å²) in [5.41, 5.74) is -0.433. The molecule has 14 nitrogen and oxygen atoms in total. The van der Waals surface area contributed by atoms with Gasteiger partial charge in [-0.05, 0) is 38.8 Å². The number of nitrogens with one attached hydrogen (secondary N) is 2. The quantitative estimate of drug-likeness (QED) is 0.131. The van der Waals surface area contributed by atoms with Crippen LogP contribution in [0.4, 0.5) is 0 Å². The summed E-state index contributed by atoms with van der Waals surface area (Å²) in [4.78, 5) is 68.1. The van der Waals surface area contributed by atoms with Gasteiger partial charge in [-0.2, -0.15) is 0 Å². The Bertz CT molecular complexity index is 944. The Morgan fingerprint density at radius 3 is 1.71 bits per heavy atom. The molecule has 0 aromatic carbocycles. The van der Waals surface area contributed by atoms with Gasteiger partial charge in [-0.1, -0.05) is 34.6 Å². The summed E-state index contributed by atoms with van der Waals surface area (Å²) >= 11 is 0. The molecule has 2 unspecified atom stereocenters. The van der Waals surface area contributed by atoms with E-state index in [9.17, 15) is 39.3 Å². The molecule has 0 radical (unpaired) electrons. The van der Waals surface area contributed by atoms with Gasteiger partial charge in [0, 0.05) is 70.7 Å². The predicted octanol–water partition coefficient (Wildman–Crippen LogP) is 0.510. The third-order valence-corrected chi connectivity index (χ3v) is 8.16. The van der Waals surface area contributed by atoms with Crippen LogP contribution in [0.5, 0.6) is 0 Å². The molecule has 0 spiro atoms. The molecular weight excluding hydrogens is 584 g/mol. The molecule has 2 atom stereocenters. The van der Waals surface area contributed by atoms with Crippen molar-refractivity contribution in [1.82, 2.24) is 30.2 Å². The fraction of sp³-hybridized carbons (Fsp3) is 0.839. The van der Waals surface area contributed by atoms with E-state index in [4.69, 9.17) is 0 Å². The van der Waals surface area contributed by atoms with Crippen LogP contribution in [0.3, 0.4) is 0 Å². The van der Waals surface area contributed by atoms with Gasteiger partial charge < -0.3 is 30.9 Å². The topological polar surface area (TPSA) is 183 Å². The summed E-state index contributed by atoms with van der Waals surface area (Å²) in [6, 6.07) is -1.14. The molecule has 14 heteroatoms. The normalized spacial score (nSPS) is 18.3. The molecule has 1 saturated heterocycles. The van der Waals surface area contributed by atoms with Crippen molar-refractivity contribution < 1.29 is 39.3 Å². The van der Waals surface area contributed by atoms with Gasteiger partial charge in [-0.3, -0.25) is 38.7 Å². The molecule has 1 rings (SSSR count). The number of Topliss-reactive ketones (excluding diaryl/α,β-unsaturated/α-hetero) is 1. The molecule has 0 bridgehead atoms. The number of carbonyl (C=O) groups excluding carboxylic acids is 2. The highest BCUT2D eigenvalue weighted by Crippen LogP contribution is 2.19. The standard InChI is InChI=1S/C31H58N6O8/c1-6-32-24(29(43)31(3,4)5)10-8-9-13-33-26(38)12-11-25(30(44)45)37-20-18-34(7-2)14-15-35(22-27(39)40)16-17-36(19-21-37)23-28(41)42/h24-25,32H,6-23H2,1-5H3,(H,33,38)(H,39,40)(H,41,42)(H,44,45). The Hall–Kier alpha value is -2.65. The number of carbonyl (C=O) groups is 5. The van der Waals surface area contributed by atoms with Crippen LogP contribution < -0.4 is 10.6 Å². The third-order valence-electron chi connectivity index (χ3n) is 8.16. The van der Waals surface area contributed by atoms with Crippen LogP contribution in [0, 0.1) is 5.41 Å². The van der Waals surface area contributed by atoms with E-state index in [0.29, 0.717) is 84.8 Å². The molecule has 1 amide bonds. The fourth-order valence-electron chi connectivity index (χ4n) is 5.49. The first-order chi connectivity index (χ1) is 21.2. The van der Waals surface area contributed by atoms with E-state index in [1.807, 2.05) is 39.5 Å². The summed E-state index contributed by atoms with van der Waals surface area (Å²) in [6.45, 7) is 14.5. The van der Waals surface area contributed by atoms with Gasteiger partial charge in [0.2, 0.25) is 5.91 Å². The molecule has 1 fully saturated rings. The Morgan fingerprint density at radius 1 is 0.733 bits per heavy atom. The highest BCUT2D eigenvalue weighted by atomic mass is 16.4. The average Bonchev–Trinajstić information content (AvgIpc) is 2.94. The number of nitrogens with zero attached hydrogens (tertiary/aromatic N) is 4. The summed E-state index contributed by atoms with van der Waals surface area (Å²) in [6.07, 6.45) is 2.30. The zero-order chi connectivity index (χ0) is 34.0. The van der Waals surface area contributed by atoms with E-state index in [1.165, 1.54) is 0 Å². The van der Waals surface area contributed by atoms with Crippen LogP contribution in [0.2, 0.25) is 0 Å². The number of carboxylic acids is 3. The molecule has 45 heavy (non-hydrogen) atoms. The third kappa shape index (κ3) is 17.0. The minimum absolute atomic E-state index is 0.0382. The van der Waals surface area contributed by atoms with Gasteiger partial charge in [0.05, 0.1) is 19.1 Å². The Morgan fingerprint density at radius 2 is 1.24 bits per heavy atom. The largest absolute Gasteiger partial charge is 0.480 e. The van der Waals surface area contributed by atoms with Crippen molar-refractivity contribution in [2.75, 3.05) is 85.1 Å². The minimum Gasteiger partial charge on any atom is -0.480 e. The molecule has 1 heterocycles. The monoisotopic (exact) mass is 642 g/mol. The van der Waals surface area contributed by atoms with E-state index in [0.717, 1.165) is 6.42 Å². The van der Waals surface area contributed by atoms with E-state index in [1.54, 1.807) is 9.80 Å². The van der Waals surface area contributed by atoms with Gasteiger partial charge in [0.25, 0.3) is 0 Å². The van der Waals surface area contributed by atoms with Crippen molar-refractivity contribution in [1.29, 1.82) is 0 Å².